The van der Waals surface area contributed by atoms with Crippen LogP contribution in [0.15, 0.2) is 29.9 Å². The molecule has 2 aromatic rings. The zero-order chi connectivity index (χ0) is 12.1. The van der Waals surface area contributed by atoms with Crippen LogP contribution in [-0.4, -0.2) is 23.6 Å². The molecule has 4 nitrogen and oxygen atoms in total. The molecule has 0 atom stereocenters. The first kappa shape index (κ1) is 11.9. The van der Waals surface area contributed by atoms with Gasteiger partial charge in [0.05, 0.1) is 18.9 Å². The van der Waals surface area contributed by atoms with Crippen molar-refractivity contribution in [2.24, 2.45) is 0 Å². The maximum Gasteiger partial charge on any atom is 0.149 e. The average molecular weight is 248 g/mol. The first-order valence-corrected chi connectivity index (χ1v) is 6.47. The quantitative estimate of drug-likeness (QED) is 0.883. The molecule has 0 radical (unpaired) electrons. The van der Waals surface area contributed by atoms with Crippen molar-refractivity contribution in [2.45, 2.75) is 13.5 Å². The predicted molar refractivity (Wildman–Crippen MR) is 72.6 cm³/mol. The smallest absolute Gasteiger partial charge is 0.149 e. The van der Waals surface area contributed by atoms with Gasteiger partial charge in [0, 0.05) is 18.5 Å². The molecule has 17 heavy (non-hydrogen) atoms. The van der Waals surface area contributed by atoms with E-state index in [1.165, 1.54) is 4.88 Å². The maximum absolute atomic E-state index is 4.50. The minimum Gasteiger partial charge on any atom is -0.369 e. The lowest BCUT2D eigenvalue weighted by atomic mass is 10.4. The highest BCUT2D eigenvalue weighted by atomic mass is 32.1. The van der Waals surface area contributed by atoms with Crippen LogP contribution in [0.5, 0.6) is 0 Å². The second-order valence-electron chi connectivity index (χ2n) is 3.73. The molecule has 0 aliphatic rings. The van der Waals surface area contributed by atoms with E-state index in [-0.39, 0.29) is 0 Å². The summed E-state index contributed by atoms with van der Waals surface area (Å²) in [6, 6.07) is 4.19. The van der Waals surface area contributed by atoms with E-state index in [2.05, 4.69) is 37.7 Å². The Bertz CT molecular complexity index is 455. The molecule has 0 saturated carbocycles. The van der Waals surface area contributed by atoms with Gasteiger partial charge in [-0.3, -0.25) is 4.98 Å². The van der Waals surface area contributed by atoms with Crippen LogP contribution >= 0.6 is 11.3 Å². The van der Waals surface area contributed by atoms with E-state index in [1.54, 1.807) is 23.7 Å². The van der Waals surface area contributed by atoms with Crippen LogP contribution < -0.4 is 10.2 Å². The zero-order valence-electron chi connectivity index (χ0n) is 10.1. The molecule has 0 aliphatic carbocycles. The lowest BCUT2D eigenvalue weighted by Gasteiger charge is -2.17. The van der Waals surface area contributed by atoms with Gasteiger partial charge in [0.1, 0.15) is 11.6 Å². The van der Waals surface area contributed by atoms with Crippen molar-refractivity contribution in [1.82, 2.24) is 9.97 Å². The molecule has 0 fully saturated rings. The van der Waals surface area contributed by atoms with Crippen LogP contribution in [0.2, 0.25) is 0 Å². The summed E-state index contributed by atoms with van der Waals surface area (Å²) in [6.07, 6.45) is 3.53. The molecule has 5 heteroatoms. The second-order valence-corrected chi connectivity index (χ2v) is 4.76. The van der Waals surface area contributed by atoms with Crippen LogP contribution in [0.25, 0.3) is 0 Å². The molecule has 0 bridgehead atoms. The van der Waals surface area contributed by atoms with E-state index >= 15 is 0 Å². The fraction of sp³-hybridized carbons (Fsp3) is 0.333. The van der Waals surface area contributed by atoms with Crippen LogP contribution in [0.3, 0.4) is 0 Å². The standard InChI is InChI=1S/C12H16N4S/c1-3-14-11-7-13-8-12(15-11)16(2)9-10-5-4-6-17-10/h4-8H,3,9H2,1-2H3,(H,14,15). The zero-order valence-corrected chi connectivity index (χ0v) is 10.9. The van der Waals surface area contributed by atoms with Crippen LogP contribution in [0.1, 0.15) is 11.8 Å². The number of aromatic nitrogens is 2. The fourth-order valence-corrected chi connectivity index (χ4v) is 2.28. The summed E-state index contributed by atoms with van der Waals surface area (Å²) < 4.78 is 0. The third kappa shape index (κ3) is 3.17. The summed E-state index contributed by atoms with van der Waals surface area (Å²) >= 11 is 1.75. The molecule has 0 unspecified atom stereocenters. The second kappa shape index (κ2) is 5.63. The van der Waals surface area contributed by atoms with Gasteiger partial charge in [-0.05, 0) is 18.4 Å². The lowest BCUT2D eigenvalue weighted by Crippen LogP contribution is -2.17. The molecule has 0 aliphatic heterocycles. The van der Waals surface area contributed by atoms with Gasteiger partial charge in [-0.1, -0.05) is 6.07 Å². The summed E-state index contributed by atoms with van der Waals surface area (Å²) in [5, 5.41) is 5.25. The number of nitrogens with zero attached hydrogens (tertiary/aromatic N) is 3. The Morgan fingerprint density at radius 2 is 2.29 bits per heavy atom. The van der Waals surface area contributed by atoms with Crippen LogP contribution in [0.4, 0.5) is 11.6 Å². The molecular formula is C12H16N4S. The molecule has 2 aromatic heterocycles. The van der Waals surface area contributed by atoms with E-state index in [0.717, 1.165) is 24.7 Å². The van der Waals surface area contributed by atoms with Crippen molar-refractivity contribution in [3.8, 4) is 0 Å². The van der Waals surface area contributed by atoms with Gasteiger partial charge in [-0.25, -0.2) is 4.98 Å². The molecular weight excluding hydrogens is 232 g/mol. The normalized spacial score (nSPS) is 10.2. The highest BCUT2D eigenvalue weighted by molar-refractivity contribution is 7.09. The van der Waals surface area contributed by atoms with Crippen molar-refractivity contribution in [1.29, 1.82) is 0 Å². The van der Waals surface area contributed by atoms with E-state index in [4.69, 9.17) is 0 Å². The van der Waals surface area contributed by atoms with Gasteiger partial charge in [0.2, 0.25) is 0 Å². The minimum absolute atomic E-state index is 0.822. The number of anilines is 2. The van der Waals surface area contributed by atoms with Crippen molar-refractivity contribution < 1.29 is 0 Å². The monoisotopic (exact) mass is 248 g/mol. The molecule has 0 amide bonds. The summed E-state index contributed by atoms with van der Waals surface area (Å²) in [5.74, 6) is 1.71. The van der Waals surface area contributed by atoms with Gasteiger partial charge in [0.15, 0.2) is 0 Å². The highest BCUT2D eigenvalue weighted by Gasteiger charge is 2.05. The third-order valence-corrected chi connectivity index (χ3v) is 3.21. The Hall–Kier alpha value is -1.62. The number of hydrogen-bond acceptors (Lipinski definition) is 5. The SMILES string of the molecule is CCNc1cncc(N(C)Cc2cccs2)n1. The van der Waals surface area contributed by atoms with Crippen LogP contribution in [0, 0.1) is 0 Å². The number of rotatable bonds is 5. The Kier molecular flexibility index (Phi) is 3.93. The summed E-state index contributed by atoms with van der Waals surface area (Å²) in [6.45, 7) is 3.76. The Labute approximate surface area is 105 Å². The third-order valence-electron chi connectivity index (χ3n) is 2.34. The van der Waals surface area contributed by atoms with E-state index in [9.17, 15) is 0 Å². The number of thiophene rings is 1. The molecule has 2 heterocycles. The summed E-state index contributed by atoms with van der Waals surface area (Å²) in [4.78, 5) is 12.1. The van der Waals surface area contributed by atoms with E-state index < -0.39 is 0 Å². The Morgan fingerprint density at radius 1 is 1.41 bits per heavy atom. The molecule has 0 spiro atoms. The minimum atomic E-state index is 0.822. The molecule has 0 saturated heterocycles. The van der Waals surface area contributed by atoms with E-state index in [0.29, 0.717) is 0 Å². The van der Waals surface area contributed by atoms with E-state index in [1.807, 2.05) is 14.0 Å². The van der Waals surface area contributed by atoms with Gasteiger partial charge < -0.3 is 10.2 Å². The lowest BCUT2D eigenvalue weighted by molar-refractivity contribution is 0.903. The van der Waals surface area contributed by atoms with Gasteiger partial charge in [-0.2, -0.15) is 0 Å². The maximum atomic E-state index is 4.50. The van der Waals surface area contributed by atoms with Crippen molar-refractivity contribution in [3.63, 3.8) is 0 Å². The van der Waals surface area contributed by atoms with Crippen LogP contribution in [-0.2, 0) is 6.54 Å². The molecule has 90 valence electrons. The first-order valence-electron chi connectivity index (χ1n) is 5.59. The predicted octanol–water partition coefficient (Wildman–Crippen LogP) is 2.61. The van der Waals surface area contributed by atoms with Crippen molar-refractivity contribution in [3.05, 3.63) is 34.8 Å². The summed E-state index contributed by atoms with van der Waals surface area (Å²) in [7, 11) is 2.03. The van der Waals surface area contributed by atoms with Gasteiger partial charge in [0.25, 0.3) is 0 Å². The van der Waals surface area contributed by atoms with Gasteiger partial charge in [-0.15, -0.1) is 11.3 Å². The number of hydrogen-bond donors (Lipinski definition) is 1. The average Bonchev–Trinajstić information content (AvgIpc) is 2.83. The molecule has 2 rings (SSSR count). The molecule has 1 N–H and O–H groups in total. The first-order chi connectivity index (χ1) is 8.29. The number of nitrogens with one attached hydrogen (secondary N) is 1. The van der Waals surface area contributed by atoms with Crippen molar-refractivity contribution in [2.75, 3.05) is 23.8 Å². The summed E-state index contributed by atoms with van der Waals surface area (Å²) in [5.41, 5.74) is 0. The van der Waals surface area contributed by atoms with Crippen molar-refractivity contribution >= 4 is 23.0 Å². The van der Waals surface area contributed by atoms with Gasteiger partial charge >= 0.3 is 0 Å². The fourth-order valence-electron chi connectivity index (χ4n) is 1.52. The molecule has 0 aromatic carbocycles. The Morgan fingerprint density at radius 3 is 3.00 bits per heavy atom. The highest BCUT2D eigenvalue weighted by Crippen LogP contribution is 2.16. The Balaban J connectivity index is 2.07. The largest absolute Gasteiger partial charge is 0.369 e. The topological polar surface area (TPSA) is 41.1 Å².